The third kappa shape index (κ3) is 5.43. The van der Waals surface area contributed by atoms with Crippen molar-refractivity contribution in [3.05, 3.63) is 36.4 Å². The molecule has 0 radical (unpaired) electrons. The summed E-state index contributed by atoms with van der Waals surface area (Å²) in [5.74, 6) is 3.68. The van der Waals surface area contributed by atoms with Gasteiger partial charge in [0.1, 0.15) is 0 Å². The second-order valence-corrected chi connectivity index (χ2v) is 8.69. The lowest BCUT2D eigenvalue weighted by Crippen LogP contribution is -2.34. The van der Waals surface area contributed by atoms with Gasteiger partial charge in [-0.2, -0.15) is 0 Å². The van der Waals surface area contributed by atoms with E-state index in [1.165, 1.54) is 11.4 Å². The van der Waals surface area contributed by atoms with Gasteiger partial charge in [-0.3, -0.25) is 15.0 Å². The molecule has 0 unspecified atom stereocenters. The number of carbonyl (C=O) groups is 2. The van der Waals surface area contributed by atoms with Crippen molar-refractivity contribution in [3.63, 3.8) is 0 Å². The van der Waals surface area contributed by atoms with Crippen LogP contribution in [0.3, 0.4) is 0 Å². The Kier molecular flexibility index (Phi) is 7.54. The summed E-state index contributed by atoms with van der Waals surface area (Å²) in [6.45, 7) is -0.335. The van der Waals surface area contributed by atoms with Crippen LogP contribution >= 0.6 is 0 Å². The van der Waals surface area contributed by atoms with Gasteiger partial charge in [-0.05, 0) is 18.6 Å². The summed E-state index contributed by atoms with van der Waals surface area (Å²) >= 11 is 0. The molecule has 0 aliphatic carbocycles. The molecule has 3 N–H and O–H groups in total. The van der Waals surface area contributed by atoms with Crippen LogP contribution in [0.4, 0.5) is 5.69 Å². The van der Waals surface area contributed by atoms with Crippen molar-refractivity contribution < 1.29 is 22.7 Å². The van der Waals surface area contributed by atoms with Crippen LogP contribution in [-0.2, 0) is 24.3 Å². The minimum absolute atomic E-state index is 0.0158. The lowest BCUT2D eigenvalue weighted by Gasteiger charge is -2.20. The Hall–Kier alpha value is -2.69. The maximum absolute atomic E-state index is 13.1. The van der Waals surface area contributed by atoms with Gasteiger partial charge in [0.2, 0.25) is 10.0 Å². The highest BCUT2D eigenvalue weighted by Crippen LogP contribution is 2.31. The van der Waals surface area contributed by atoms with E-state index in [-0.39, 0.29) is 24.3 Å². The Balaban J connectivity index is 2.11. The van der Waals surface area contributed by atoms with Crippen molar-refractivity contribution >= 4 is 38.4 Å². The van der Waals surface area contributed by atoms with Crippen molar-refractivity contribution in [1.29, 1.82) is 0 Å². The molecule has 0 fully saturated rings. The number of carbonyl (C=O) groups excluding carboxylic acids is 2. The number of ether oxygens (including phenoxy) is 1. The summed E-state index contributed by atoms with van der Waals surface area (Å²) in [5, 5.41) is 1.48. The zero-order chi connectivity index (χ0) is 21.6. The minimum atomic E-state index is -3.75. The van der Waals surface area contributed by atoms with Crippen molar-refractivity contribution in [2.24, 2.45) is 5.84 Å². The third-order valence-electron chi connectivity index (χ3n) is 4.41. The normalized spacial score (nSPS) is 11.5. The topological polar surface area (TPSA) is 122 Å². The highest BCUT2D eigenvalue weighted by atomic mass is 32.2. The van der Waals surface area contributed by atoms with E-state index < -0.39 is 28.5 Å². The van der Waals surface area contributed by atoms with Gasteiger partial charge in [-0.15, -0.1) is 0 Å². The Morgan fingerprint density at radius 1 is 1.07 bits per heavy atom. The van der Waals surface area contributed by atoms with Crippen LogP contribution in [0, 0.1) is 0 Å². The van der Waals surface area contributed by atoms with Crippen LogP contribution in [0.15, 0.2) is 41.3 Å². The van der Waals surface area contributed by atoms with Gasteiger partial charge in [0.25, 0.3) is 5.91 Å². The average molecular weight is 423 g/mol. The van der Waals surface area contributed by atoms with Gasteiger partial charge in [0.05, 0.1) is 4.90 Å². The van der Waals surface area contributed by atoms with Crippen molar-refractivity contribution in [3.8, 4) is 0 Å². The van der Waals surface area contributed by atoms with E-state index in [9.17, 15) is 18.0 Å². The van der Waals surface area contributed by atoms with Gasteiger partial charge >= 0.3 is 5.97 Å². The molecule has 158 valence electrons. The Labute approximate surface area is 170 Å². The number of fused-ring (bicyclic) bond motifs is 1. The average Bonchev–Trinajstić information content (AvgIpc) is 2.70. The molecule has 0 bridgehead atoms. The van der Waals surface area contributed by atoms with Gasteiger partial charge in [0.15, 0.2) is 6.61 Å². The highest BCUT2D eigenvalue weighted by molar-refractivity contribution is 7.89. The van der Waals surface area contributed by atoms with E-state index in [0.29, 0.717) is 5.39 Å². The van der Waals surface area contributed by atoms with Gasteiger partial charge < -0.3 is 9.64 Å². The Morgan fingerprint density at radius 2 is 1.72 bits per heavy atom. The van der Waals surface area contributed by atoms with E-state index in [0.717, 1.165) is 11.1 Å². The lowest BCUT2D eigenvalue weighted by atomic mass is 10.1. The number of sulfonamides is 1. The molecule has 0 aliphatic rings. The number of anilines is 1. The Morgan fingerprint density at radius 3 is 2.38 bits per heavy atom. The van der Waals surface area contributed by atoms with E-state index in [2.05, 4.69) is 0 Å². The van der Waals surface area contributed by atoms with Crippen LogP contribution < -0.4 is 16.2 Å². The first-order chi connectivity index (χ1) is 13.7. The summed E-state index contributed by atoms with van der Waals surface area (Å²) < 4.78 is 32.1. The summed E-state index contributed by atoms with van der Waals surface area (Å²) in [7, 11) is 1.52. The second-order valence-electron chi connectivity index (χ2n) is 6.68. The van der Waals surface area contributed by atoms with E-state index in [1.807, 2.05) is 42.6 Å². The molecule has 2 aromatic carbocycles. The molecular formula is C19H26N4O5S. The summed E-state index contributed by atoms with van der Waals surface area (Å²) in [4.78, 5) is 24.7. The molecule has 0 saturated carbocycles. The van der Waals surface area contributed by atoms with Crippen LogP contribution in [-0.4, -0.2) is 58.9 Å². The molecule has 9 nitrogen and oxygen atoms in total. The lowest BCUT2D eigenvalue weighted by molar-refractivity contribution is -0.148. The van der Waals surface area contributed by atoms with Gasteiger partial charge in [-0.1, -0.05) is 24.3 Å². The molecule has 0 saturated heterocycles. The number of hydrazine groups is 1. The fraction of sp³-hybridized carbons (Fsp3) is 0.368. The summed E-state index contributed by atoms with van der Waals surface area (Å²) in [6, 6.07) is 10.7. The fourth-order valence-electron chi connectivity index (χ4n) is 2.87. The maximum atomic E-state index is 13.1. The molecule has 29 heavy (non-hydrogen) atoms. The van der Waals surface area contributed by atoms with Gasteiger partial charge in [0, 0.05) is 50.6 Å². The number of amides is 1. The van der Waals surface area contributed by atoms with Crippen LogP contribution in [0.25, 0.3) is 10.8 Å². The standard InChI is InChI=1S/C19H26N4O5S/c1-22(2)16-9-4-8-15-14(16)7-5-10-17(15)29(26,27)23(3)12-6-11-19(25)28-13-18(24)21-20/h4-5,7-10H,6,11-13,20H2,1-3H3,(H,21,24). The number of hydrogen-bond donors (Lipinski definition) is 2. The van der Waals surface area contributed by atoms with Gasteiger partial charge in [-0.25, -0.2) is 18.6 Å². The van der Waals surface area contributed by atoms with Crippen LogP contribution in [0.2, 0.25) is 0 Å². The zero-order valence-corrected chi connectivity index (χ0v) is 17.5. The first-order valence-electron chi connectivity index (χ1n) is 8.99. The molecule has 0 spiro atoms. The number of hydrogen-bond acceptors (Lipinski definition) is 7. The third-order valence-corrected chi connectivity index (χ3v) is 6.32. The molecule has 2 rings (SSSR count). The molecule has 0 aliphatic heterocycles. The maximum Gasteiger partial charge on any atom is 0.306 e. The van der Waals surface area contributed by atoms with Crippen molar-refractivity contribution in [1.82, 2.24) is 9.73 Å². The van der Waals surface area contributed by atoms with Crippen LogP contribution in [0.5, 0.6) is 0 Å². The quantitative estimate of drug-likeness (QED) is 0.266. The number of benzene rings is 2. The highest BCUT2D eigenvalue weighted by Gasteiger charge is 2.23. The van der Waals surface area contributed by atoms with Crippen molar-refractivity contribution in [2.75, 3.05) is 39.2 Å². The minimum Gasteiger partial charge on any atom is -0.456 e. The summed E-state index contributed by atoms with van der Waals surface area (Å²) in [5.41, 5.74) is 2.77. The van der Waals surface area contributed by atoms with Crippen molar-refractivity contribution in [2.45, 2.75) is 17.7 Å². The van der Waals surface area contributed by atoms with E-state index in [1.54, 1.807) is 18.2 Å². The molecule has 10 heteroatoms. The van der Waals surface area contributed by atoms with E-state index in [4.69, 9.17) is 10.6 Å². The predicted molar refractivity (Wildman–Crippen MR) is 111 cm³/mol. The monoisotopic (exact) mass is 422 g/mol. The SMILES string of the molecule is CN(C)c1cccc2c(S(=O)(=O)N(C)CCCC(=O)OCC(=O)NN)cccc12. The second kappa shape index (κ2) is 9.68. The largest absolute Gasteiger partial charge is 0.456 e. The summed E-state index contributed by atoms with van der Waals surface area (Å²) in [6.07, 6.45) is 0.241. The molecule has 1 amide bonds. The molecule has 2 aromatic rings. The molecule has 0 atom stereocenters. The molecule has 0 aromatic heterocycles. The smallest absolute Gasteiger partial charge is 0.306 e. The Bertz CT molecular complexity index is 991. The zero-order valence-electron chi connectivity index (χ0n) is 16.7. The predicted octanol–water partition coefficient (Wildman–Crippen LogP) is 0.840. The number of nitrogens with two attached hydrogens (primary N) is 1. The number of nitrogens with one attached hydrogen (secondary N) is 1. The number of nitrogens with zero attached hydrogens (tertiary/aromatic N) is 2. The first-order valence-corrected chi connectivity index (χ1v) is 10.4. The molecule has 0 heterocycles. The number of rotatable bonds is 9. The molecular weight excluding hydrogens is 396 g/mol. The first kappa shape index (κ1) is 22.6. The fourth-order valence-corrected chi connectivity index (χ4v) is 4.29. The number of esters is 1. The van der Waals surface area contributed by atoms with E-state index >= 15 is 0 Å². The van der Waals surface area contributed by atoms with Crippen LogP contribution in [0.1, 0.15) is 12.8 Å².